The van der Waals surface area contributed by atoms with E-state index in [-0.39, 0.29) is 22.8 Å². The highest BCUT2D eigenvalue weighted by atomic mass is 32.2. The summed E-state index contributed by atoms with van der Waals surface area (Å²) in [4.78, 5) is 4.21. The molecule has 0 aliphatic carbocycles. The minimum Gasteiger partial charge on any atom is -0.401 e. The van der Waals surface area contributed by atoms with Gasteiger partial charge in [0.2, 0.25) is 0 Å². The number of aliphatic hydroxyl groups excluding tert-OH is 1. The van der Waals surface area contributed by atoms with E-state index in [1.54, 1.807) is 13.0 Å². The fourth-order valence-electron chi connectivity index (χ4n) is 2.99. The molecule has 174 valence electrons. The minimum absolute atomic E-state index is 0.112. The predicted octanol–water partition coefficient (Wildman–Crippen LogP) is 2.75. The maximum Gasteiger partial charge on any atom is 0.258 e. The fraction of sp³-hybridized carbons (Fsp3) is 0.318. The van der Waals surface area contributed by atoms with Crippen LogP contribution in [0.1, 0.15) is 44.4 Å². The molecule has 2 aromatic rings. The predicted molar refractivity (Wildman–Crippen MR) is 120 cm³/mol. The number of hydrogen-bond donors (Lipinski definition) is 4. The van der Waals surface area contributed by atoms with Crippen molar-refractivity contribution in [2.24, 2.45) is 11.5 Å². The summed E-state index contributed by atoms with van der Waals surface area (Å²) in [7, 11) is -3.92. The van der Waals surface area contributed by atoms with Crippen molar-refractivity contribution >= 4 is 15.7 Å². The minimum atomic E-state index is -3.92. The van der Waals surface area contributed by atoms with Gasteiger partial charge in [0.1, 0.15) is 11.6 Å². The van der Waals surface area contributed by atoms with Gasteiger partial charge in [-0.1, -0.05) is 26.0 Å². The van der Waals surface area contributed by atoms with Gasteiger partial charge in [0.15, 0.2) is 5.03 Å². The van der Waals surface area contributed by atoms with Crippen molar-refractivity contribution in [1.82, 2.24) is 9.71 Å². The smallest absolute Gasteiger partial charge is 0.258 e. The second kappa shape index (κ2) is 10.7. The number of nitrogens with two attached hydrogens (primary N) is 2. The lowest BCUT2D eigenvalue weighted by molar-refractivity contribution is 0.198. The first-order valence-corrected chi connectivity index (χ1v) is 11.5. The van der Waals surface area contributed by atoms with Gasteiger partial charge >= 0.3 is 0 Å². The van der Waals surface area contributed by atoms with Crippen molar-refractivity contribution < 1.29 is 22.3 Å². The van der Waals surface area contributed by atoms with Crippen molar-refractivity contribution in [1.29, 1.82) is 0 Å². The Balaban J connectivity index is 2.41. The first kappa shape index (κ1) is 25.4. The van der Waals surface area contributed by atoms with Gasteiger partial charge in [-0.3, -0.25) is 0 Å². The van der Waals surface area contributed by atoms with Crippen LogP contribution in [-0.2, 0) is 10.0 Å². The molecule has 0 fully saturated rings. The monoisotopic (exact) mass is 466 g/mol. The van der Waals surface area contributed by atoms with Crippen LogP contribution in [-0.4, -0.2) is 31.2 Å². The molecule has 1 aromatic heterocycles. The standard InChI is InChI=1S/C22H28F2N4O3S/c1-4-15(11-18(25)21-16(23)7-5-8-17(21)24)22(26)14(3)19-9-6-10-20(28-19)32(30,31)27-12-13(2)29/h5-11,13-14,27,29H,4,12,25-26H2,1-3H3/b18-11-,22-15-/t13-,14?/m0/s1. The summed E-state index contributed by atoms with van der Waals surface area (Å²) in [5.41, 5.74) is 13.1. The van der Waals surface area contributed by atoms with Gasteiger partial charge in [0, 0.05) is 23.9 Å². The summed E-state index contributed by atoms with van der Waals surface area (Å²) in [6, 6.07) is 7.97. The van der Waals surface area contributed by atoms with E-state index in [0.717, 1.165) is 12.1 Å². The highest BCUT2D eigenvalue weighted by molar-refractivity contribution is 7.89. The molecule has 1 unspecified atom stereocenters. The van der Waals surface area contributed by atoms with E-state index in [9.17, 15) is 22.3 Å². The second-order valence-corrected chi connectivity index (χ2v) is 9.07. The average Bonchev–Trinajstić information content (AvgIpc) is 2.75. The normalized spacial score (nSPS) is 15.2. The molecule has 0 aliphatic rings. The van der Waals surface area contributed by atoms with Crippen molar-refractivity contribution in [2.75, 3.05) is 6.54 Å². The quantitative estimate of drug-likeness (QED) is 0.420. The molecule has 10 heteroatoms. The van der Waals surface area contributed by atoms with E-state index >= 15 is 0 Å². The van der Waals surface area contributed by atoms with Crippen LogP contribution in [0.15, 0.2) is 58.8 Å². The third kappa shape index (κ3) is 6.12. The van der Waals surface area contributed by atoms with Crippen LogP contribution in [0.2, 0.25) is 0 Å². The molecule has 1 aromatic carbocycles. The molecule has 0 radical (unpaired) electrons. The lowest BCUT2D eigenvalue weighted by Crippen LogP contribution is -2.31. The number of halogens is 2. The zero-order chi connectivity index (χ0) is 24.1. The van der Waals surface area contributed by atoms with Gasteiger partial charge in [0.25, 0.3) is 10.0 Å². The molecule has 2 rings (SSSR count). The van der Waals surface area contributed by atoms with Crippen LogP contribution in [0.3, 0.4) is 0 Å². The largest absolute Gasteiger partial charge is 0.401 e. The van der Waals surface area contributed by atoms with Crippen LogP contribution in [0.4, 0.5) is 8.78 Å². The zero-order valence-corrected chi connectivity index (χ0v) is 19.0. The first-order chi connectivity index (χ1) is 15.0. The van der Waals surface area contributed by atoms with E-state index < -0.39 is 33.7 Å². The number of benzene rings is 1. The summed E-state index contributed by atoms with van der Waals surface area (Å²) in [5.74, 6) is -2.08. The molecular formula is C22H28F2N4O3S. The molecule has 0 aliphatic heterocycles. The van der Waals surface area contributed by atoms with Crippen molar-refractivity contribution in [3.63, 3.8) is 0 Å². The van der Waals surface area contributed by atoms with E-state index in [1.807, 2.05) is 6.92 Å². The summed E-state index contributed by atoms with van der Waals surface area (Å²) in [6.07, 6.45) is 0.980. The maximum absolute atomic E-state index is 14.1. The van der Waals surface area contributed by atoms with Gasteiger partial charge in [-0.2, -0.15) is 0 Å². The maximum atomic E-state index is 14.1. The molecule has 0 saturated carbocycles. The summed E-state index contributed by atoms with van der Waals surface area (Å²) in [6.45, 7) is 4.85. The van der Waals surface area contributed by atoms with Crippen LogP contribution in [0, 0.1) is 11.6 Å². The Morgan fingerprint density at radius 2 is 1.75 bits per heavy atom. The molecule has 32 heavy (non-hydrogen) atoms. The zero-order valence-electron chi connectivity index (χ0n) is 18.1. The van der Waals surface area contributed by atoms with Gasteiger partial charge in [-0.15, -0.1) is 0 Å². The van der Waals surface area contributed by atoms with Crippen molar-refractivity contribution in [3.8, 4) is 0 Å². The van der Waals surface area contributed by atoms with Crippen LogP contribution in [0.25, 0.3) is 5.70 Å². The highest BCUT2D eigenvalue weighted by Gasteiger charge is 2.20. The Labute approximate surface area is 186 Å². The molecule has 0 spiro atoms. The lowest BCUT2D eigenvalue weighted by atomic mass is 9.96. The number of pyridine rings is 1. The van der Waals surface area contributed by atoms with Gasteiger partial charge in [-0.05, 0) is 49.3 Å². The number of aliphatic hydroxyl groups is 1. The second-order valence-electron chi connectivity index (χ2n) is 7.35. The summed E-state index contributed by atoms with van der Waals surface area (Å²) < 4.78 is 55.2. The third-order valence-corrected chi connectivity index (χ3v) is 6.16. The molecule has 2 atom stereocenters. The molecule has 6 N–H and O–H groups in total. The Morgan fingerprint density at radius 3 is 2.31 bits per heavy atom. The Morgan fingerprint density at radius 1 is 1.16 bits per heavy atom. The van der Waals surface area contributed by atoms with Crippen LogP contribution >= 0.6 is 0 Å². The molecule has 0 bridgehead atoms. The Kier molecular flexibility index (Phi) is 8.48. The van der Waals surface area contributed by atoms with Crippen molar-refractivity contribution in [3.05, 3.63) is 76.6 Å². The molecule has 0 amide bonds. The molecule has 1 heterocycles. The fourth-order valence-corrected chi connectivity index (χ4v) is 4.08. The number of nitrogens with one attached hydrogen (secondary N) is 1. The number of nitrogens with zero attached hydrogens (tertiary/aromatic N) is 1. The SMILES string of the molecule is CCC(/C=C(\N)c1c(F)cccc1F)=C(/N)C(C)c1cccc(S(=O)(=O)NC[C@H](C)O)n1. The Bertz CT molecular complexity index is 1110. The van der Waals surface area contributed by atoms with Gasteiger partial charge in [0.05, 0.1) is 17.4 Å². The average molecular weight is 467 g/mol. The van der Waals surface area contributed by atoms with E-state index in [4.69, 9.17) is 11.5 Å². The van der Waals surface area contributed by atoms with Gasteiger partial charge in [-0.25, -0.2) is 26.9 Å². The van der Waals surface area contributed by atoms with E-state index in [1.165, 1.54) is 31.2 Å². The number of hydrogen-bond acceptors (Lipinski definition) is 6. The number of sulfonamides is 1. The van der Waals surface area contributed by atoms with Crippen LogP contribution < -0.4 is 16.2 Å². The van der Waals surface area contributed by atoms with E-state index in [0.29, 0.717) is 23.4 Å². The summed E-state index contributed by atoms with van der Waals surface area (Å²) >= 11 is 0. The molecule has 0 saturated heterocycles. The Hall–Kier alpha value is -2.82. The van der Waals surface area contributed by atoms with Gasteiger partial charge < -0.3 is 16.6 Å². The topological polar surface area (TPSA) is 131 Å². The van der Waals surface area contributed by atoms with Crippen LogP contribution in [0.5, 0.6) is 0 Å². The number of aromatic nitrogens is 1. The molecular weight excluding hydrogens is 438 g/mol. The van der Waals surface area contributed by atoms with E-state index in [2.05, 4.69) is 9.71 Å². The van der Waals surface area contributed by atoms with Crippen molar-refractivity contribution in [2.45, 2.75) is 44.2 Å². The lowest BCUT2D eigenvalue weighted by Gasteiger charge is -2.17. The molecule has 7 nitrogen and oxygen atoms in total. The highest BCUT2D eigenvalue weighted by Crippen LogP contribution is 2.26. The number of allylic oxidation sites excluding steroid dienone is 3. The number of rotatable bonds is 9. The first-order valence-electron chi connectivity index (χ1n) is 10.0. The summed E-state index contributed by atoms with van der Waals surface area (Å²) in [5, 5.41) is 9.11. The third-order valence-electron chi connectivity index (χ3n) is 4.83.